The van der Waals surface area contributed by atoms with E-state index in [0.29, 0.717) is 16.7 Å². The summed E-state index contributed by atoms with van der Waals surface area (Å²) in [5.74, 6) is -0.238. The Morgan fingerprint density at radius 1 is 1.00 bits per heavy atom. The van der Waals surface area contributed by atoms with Crippen molar-refractivity contribution in [1.29, 1.82) is 0 Å². The number of hydrogen-bond donors (Lipinski definition) is 1. The second-order valence-electron chi connectivity index (χ2n) is 4.22. The predicted molar refractivity (Wildman–Crippen MR) is 66.4 cm³/mol. The summed E-state index contributed by atoms with van der Waals surface area (Å²) in [6.07, 6.45) is -0.772. The molecule has 0 bridgehead atoms. The van der Waals surface area contributed by atoms with Crippen LogP contribution in [0.2, 0.25) is 0 Å². The van der Waals surface area contributed by atoms with Gasteiger partial charge in [-0.1, -0.05) is 42.5 Å². The molecule has 0 spiro atoms. The van der Waals surface area contributed by atoms with Crippen molar-refractivity contribution in [2.24, 2.45) is 0 Å². The summed E-state index contributed by atoms with van der Waals surface area (Å²) < 4.78 is 13.8. The Labute approximate surface area is 101 Å². The van der Waals surface area contributed by atoms with Crippen molar-refractivity contribution in [1.82, 2.24) is 0 Å². The standard InChI is InChI=1S/C15H15FO/c1-10-8-9-13(11(2)14(10)16)15(17)12-6-4-3-5-7-12/h3-9,15,17H,1-2H3. The maximum atomic E-state index is 13.8. The number of hydrogen-bond acceptors (Lipinski definition) is 1. The van der Waals surface area contributed by atoms with E-state index in [1.807, 2.05) is 30.3 Å². The zero-order valence-corrected chi connectivity index (χ0v) is 9.94. The van der Waals surface area contributed by atoms with Crippen LogP contribution in [-0.4, -0.2) is 5.11 Å². The van der Waals surface area contributed by atoms with Gasteiger partial charge in [-0.05, 0) is 36.1 Å². The van der Waals surface area contributed by atoms with Gasteiger partial charge in [0, 0.05) is 0 Å². The van der Waals surface area contributed by atoms with Gasteiger partial charge in [0.2, 0.25) is 0 Å². The van der Waals surface area contributed by atoms with Gasteiger partial charge in [-0.15, -0.1) is 0 Å². The molecule has 0 aliphatic heterocycles. The Morgan fingerprint density at radius 3 is 2.29 bits per heavy atom. The van der Waals surface area contributed by atoms with Crippen molar-refractivity contribution in [3.8, 4) is 0 Å². The van der Waals surface area contributed by atoms with Gasteiger partial charge in [0.1, 0.15) is 11.9 Å². The third kappa shape index (κ3) is 2.22. The first-order valence-corrected chi connectivity index (χ1v) is 5.60. The topological polar surface area (TPSA) is 20.2 Å². The van der Waals surface area contributed by atoms with Crippen LogP contribution in [0.15, 0.2) is 42.5 Å². The number of aliphatic hydroxyl groups excluding tert-OH is 1. The van der Waals surface area contributed by atoms with Gasteiger partial charge in [-0.25, -0.2) is 4.39 Å². The number of benzene rings is 2. The number of aryl methyl sites for hydroxylation is 1. The minimum Gasteiger partial charge on any atom is -0.384 e. The van der Waals surface area contributed by atoms with Gasteiger partial charge < -0.3 is 5.11 Å². The summed E-state index contributed by atoms with van der Waals surface area (Å²) in [4.78, 5) is 0. The van der Waals surface area contributed by atoms with Crippen molar-refractivity contribution >= 4 is 0 Å². The molecule has 1 N–H and O–H groups in total. The fourth-order valence-corrected chi connectivity index (χ4v) is 1.95. The predicted octanol–water partition coefficient (Wildman–Crippen LogP) is 3.52. The van der Waals surface area contributed by atoms with Crippen LogP contribution < -0.4 is 0 Å². The molecule has 2 heteroatoms. The number of halogens is 1. The van der Waals surface area contributed by atoms with Crippen LogP contribution >= 0.6 is 0 Å². The summed E-state index contributed by atoms with van der Waals surface area (Å²) in [5.41, 5.74) is 2.52. The first-order chi connectivity index (χ1) is 8.11. The zero-order valence-electron chi connectivity index (χ0n) is 9.94. The molecule has 2 rings (SSSR count). The average Bonchev–Trinajstić information content (AvgIpc) is 2.36. The van der Waals surface area contributed by atoms with E-state index in [-0.39, 0.29) is 5.82 Å². The third-order valence-corrected chi connectivity index (χ3v) is 3.03. The maximum absolute atomic E-state index is 13.8. The Morgan fingerprint density at radius 2 is 1.65 bits per heavy atom. The van der Waals surface area contributed by atoms with E-state index in [4.69, 9.17) is 0 Å². The van der Waals surface area contributed by atoms with E-state index in [9.17, 15) is 9.50 Å². The Bertz CT molecular complexity index is 520. The molecule has 88 valence electrons. The second-order valence-corrected chi connectivity index (χ2v) is 4.22. The quantitative estimate of drug-likeness (QED) is 0.836. The molecule has 1 atom stereocenters. The van der Waals surface area contributed by atoms with Gasteiger partial charge >= 0.3 is 0 Å². The first kappa shape index (κ1) is 11.8. The number of rotatable bonds is 2. The van der Waals surface area contributed by atoms with Crippen LogP contribution in [0.5, 0.6) is 0 Å². The Hall–Kier alpha value is -1.67. The minimum absolute atomic E-state index is 0.238. The Kier molecular flexibility index (Phi) is 3.25. The van der Waals surface area contributed by atoms with Crippen LogP contribution in [0.4, 0.5) is 4.39 Å². The highest BCUT2D eigenvalue weighted by atomic mass is 19.1. The summed E-state index contributed by atoms with van der Waals surface area (Å²) in [6.45, 7) is 3.42. The van der Waals surface area contributed by atoms with Crippen LogP contribution in [0.1, 0.15) is 28.4 Å². The second kappa shape index (κ2) is 4.68. The SMILES string of the molecule is Cc1ccc(C(O)c2ccccc2)c(C)c1F. The molecule has 0 heterocycles. The van der Waals surface area contributed by atoms with E-state index in [0.717, 1.165) is 5.56 Å². The molecule has 0 saturated carbocycles. The summed E-state index contributed by atoms with van der Waals surface area (Å²) in [6, 6.07) is 12.8. The van der Waals surface area contributed by atoms with Crippen molar-refractivity contribution < 1.29 is 9.50 Å². The maximum Gasteiger partial charge on any atom is 0.129 e. The lowest BCUT2D eigenvalue weighted by Gasteiger charge is -2.15. The summed E-state index contributed by atoms with van der Waals surface area (Å²) in [7, 11) is 0. The molecule has 0 radical (unpaired) electrons. The largest absolute Gasteiger partial charge is 0.384 e. The van der Waals surface area contributed by atoms with Crippen molar-refractivity contribution in [2.75, 3.05) is 0 Å². The average molecular weight is 230 g/mol. The van der Waals surface area contributed by atoms with E-state index in [1.165, 1.54) is 0 Å². The van der Waals surface area contributed by atoms with Crippen molar-refractivity contribution in [2.45, 2.75) is 20.0 Å². The molecular weight excluding hydrogens is 215 g/mol. The smallest absolute Gasteiger partial charge is 0.129 e. The molecule has 0 aliphatic rings. The van der Waals surface area contributed by atoms with Gasteiger partial charge in [-0.3, -0.25) is 0 Å². The molecular formula is C15H15FO. The third-order valence-electron chi connectivity index (χ3n) is 3.03. The summed E-state index contributed by atoms with van der Waals surface area (Å²) >= 11 is 0. The van der Waals surface area contributed by atoms with E-state index in [2.05, 4.69) is 0 Å². The van der Waals surface area contributed by atoms with Crippen molar-refractivity contribution in [3.05, 3.63) is 70.5 Å². The van der Waals surface area contributed by atoms with Crippen LogP contribution in [0.3, 0.4) is 0 Å². The van der Waals surface area contributed by atoms with E-state index in [1.54, 1.807) is 26.0 Å². The lowest BCUT2D eigenvalue weighted by Crippen LogP contribution is -2.04. The van der Waals surface area contributed by atoms with Crippen molar-refractivity contribution in [3.63, 3.8) is 0 Å². The molecule has 2 aromatic carbocycles. The van der Waals surface area contributed by atoms with Gasteiger partial charge in [0.15, 0.2) is 0 Å². The lowest BCUT2D eigenvalue weighted by atomic mass is 9.96. The zero-order chi connectivity index (χ0) is 12.4. The first-order valence-electron chi connectivity index (χ1n) is 5.60. The lowest BCUT2D eigenvalue weighted by molar-refractivity contribution is 0.219. The highest BCUT2D eigenvalue weighted by molar-refractivity contribution is 5.38. The molecule has 1 unspecified atom stereocenters. The minimum atomic E-state index is -0.772. The normalized spacial score (nSPS) is 12.5. The fourth-order valence-electron chi connectivity index (χ4n) is 1.95. The van der Waals surface area contributed by atoms with E-state index >= 15 is 0 Å². The Balaban J connectivity index is 2.45. The molecule has 0 saturated heterocycles. The van der Waals surface area contributed by atoms with Gasteiger partial charge in [-0.2, -0.15) is 0 Å². The van der Waals surface area contributed by atoms with Gasteiger partial charge in [0.25, 0.3) is 0 Å². The molecule has 0 aliphatic carbocycles. The van der Waals surface area contributed by atoms with E-state index < -0.39 is 6.10 Å². The molecule has 0 aromatic heterocycles. The highest BCUT2D eigenvalue weighted by Crippen LogP contribution is 2.27. The molecule has 2 aromatic rings. The fraction of sp³-hybridized carbons (Fsp3) is 0.200. The monoisotopic (exact) mass is 230 g/mol. The number of aliphatic hydroxyl groups is 1. The summed E-state index contributed by atoms with van der Waals surface area (Å²) in [5, 5.41) is 10.2. The van der Waals surface area contributed by atoms with Gasteiger partial charge in [0.05, 0.1) is 0 Å². The highest BCUT2D eigenvalue weighted by Gasteiger charge is 2.15. The van der Waals surface area contributed by atoms with Crippen LogP contribution in [0, 0.1) is 19.7 Å². The van der Waals surface area contributed by atoms with Crippen LogP contribution in [-0.2, 0) is 0 Å². The molecule has 17 heavy (non-hydrogen) atoms. The molecule has 0 amide bonds. The molecule has 1 nitrogen and oxygen atoms in total. The molecule has 0 fully saturated rings. The van der Waals surface area contributed by atoms with Crippen LogP contribution in [0.25, 0.3) is 0 Å².